The summed E-state index contributed by atoms with van der Waals surface area (Å²) in [6.45, 7) is 2.86. The quantitative estimate of drug-likeness (QED) is 0.763. The van der Waals surface area contributed by atoms with Crippen LogP contribution in [0.15, 0.2) is 6.07 Å². The van der Waals surface area contributed by atoms with Crippen LogP contribution in [0.4, 0.5) is 11.6 Å². The number of anilines is 2. The maximum Gasteiger partial charge on any atom is 0.131 e. The summed E-state index contributed by atoms with van der Waals surface area (Å²) in [6, 6.07) is 1.78. The van der Waals surface area contributed by atoms with Crippen LogP contribution in [0, 0.1) is 12.8 Å². The molecule has 1 aromatic heterocycles. The molecule has 1 fully saturated rings. The van der Waals surface area contributed by atoms with Gasteiger partial charge >= 0.3 is 0 Å². The Morgan fingerprint density at radius 2 is 2.29 bits per heavy atom. The highest BCUT2D eigenvalue weighted by Gasteiger charge is 2.16. The van der Waals surface area contributed by atoms with Crippen LogP contribution < -0.4 is 11.1 Å². The first-order valence-electron chi connectivity index (χ1n) is 5.09. The normalized spacial score (nSPS) is 16.4. The summed E-state index contributed by atoms with van der Waals surface area (Å²) in [4.78, 5) is 8.28. The number of hydrogen-bond acceptors (Lipinski definition) is 4. The summed E-state index contributed by atoms with van der Waals surface area (Å²) >= 11 is 0. The van der Waals surface area contributed by atoms with Crippen LogP contribution in [0.25, 0.3) is 0 Å². The van der Waals surface area contributed by atoms with E-state index < -0.39 is 0 Å². The van der Waals surface area contributed by atoms with Crippen molar-refractivity contribution in [2.45, 2.75) is 26.2 Å². The molecule has 3 N–H and O–H groups in total. The standard InChI is InChI=1S/C10H16N4/c1-7-13-9(11)5-10(14-7)12-6-8-3-2-4-8/h5,8H,2-4,6H2,1H3,(H3,11,12,13,14). The number of aryl methyl sites for hydroxylation is 1. The van der Waals surface area contributed by atoms with Crippen molar-refractivity contribution in [1.82, 2.24) is 9.97 Å². The minimum atomic E-state index is 0.536. The number of nitrogens with one attached hydrogen (secondary N) is 1. The van der Waals surface area contributed by atoms with Crippen molar-refractivity contribution in [1.29, 1.82) is 0 Å². The Labute approximate surface area is 83.9 Å². The van der Waals surface area contributed by atoms with Crippen molar-refractivity contribution in [2.24, 2.45) is 5.92 Å². The lowest BCUT2D eigenvalue weighted by molar-refractivity contribution is 0.333. The Hall–Kier alpha value is -1.32. The first kappa shape index (κ1) is 9.24. The Balaban J connectivity index is 1.94. The van der Waals surface area contributed by atoms with Crippen LogP contribution in [0.3, 0.4) is 0 Å². The van der Waals surface area contributed by atoms with E-state index in [9.17, 15) is 0 Å². The van der Waals surface area contributed by atoms with Crippen molar-refractivity contribution in [3.63, 3.8) is 0 Å². The third-order valence-corrected chi connectivity index (χ3v) is 2.65. The van der Waals surface area contributed by atoms with Crippen molar-refractivity contribution in [3.05, 3.63) is 11.9 Å². The zero-order valence-electron chi connectivity index (χ0n) is 8.45. The average molecular weight is 192 g/mol. The van der Waals surface area contributed by atoms with Crippen LogP contribution in [-0.4, -0.2) is 16.5 Å². The molecule has 0 atom stereocenters. The van der Waals surface area contributed by atoms with E-state index in [0.29, 0.717) is 5.82 Å². The number of rotatable bonds is 3. The summed E-state index contributed by atoms with van der Waals surface area (Å²) in [7, 11) is 0. The smallest absolute Gasteiger partial charge is 0.131 e. The molecule has 1 aliphatic carbocycles. The summed E-state index contributed by atoms with van der Waals surface area (Å²) in [6.07, 6.45) is 4.05. The lowest BCUT2D eigenvalue weighted by atomic mass is 9.85. The number of aromatic nitrogens is 2. The fraction of sp³-hybridized carbons (Fsp3) is 0.600. The lowest BCUT2D eigenvalue weighted by Gasteiger charge is -2.25. The van der Waals surface area contributed by atoms with E-state index >= 15 is 0 Å². The Morgan fingerprint density at radius 1 is 1.50 bits per heavy atom. The molecule has 1 saturated carbocycles. The van der Waals surface area contributed by atoms with E-state index in [1.807, 2.05) is 6.92 Å². The van der Waals surface area contributed by atoms with Gasteiger partial charge in [0.25, 0.3) is 0 Å². The van der Waals surface area contributed by atoms with E-state index in [1.54, 1.807) is 6.07 Å². The topological polar surface area (TPSA) is 63.8 Å². The molecular formula is C10H16N4. The van der Waals surface area contributed by atoms with Crippen LogP contribution in [0.1, 0.15) is 25.1 Å². The maximum atomic E-state index is 5.62. The van der Waals surface area contributed by atoms with Crippen LogP contribution in [0.5, 0.6) is 0 Å². The molecule has 0 radical (unpaired) electrons. The van der Waals surface area contributed by atoms with E-state index in [1.165, 1.54) is 19.3 Å². The molecule has 76 valence electrons. The lowest BCUT2D eigenvalue weighted by Crippen LogP contribution is -2.21. The highest BCUT2D eigenvalue weighted by Crippen LogP contribution is 2.26. The molecule has 1 heterocycles. The van der Waals surface area contributed by atoms with Gasteiger partial charge in [-0.05, 0) is 25.7 Å². The van der Waals surface area contributed by atoms with Gasteiger partial charge in [-0.3, -0.25) is 0 Å². The fourth-order valence-corrected chi connectivity index (χ4v) is 1.63. The molecule has 4 heteroatoms. The zero-order chi connectivity index (χ0) is 9.97. The predicted molar refractivity (Wildman–Crippen MR) is 57.0 cm³/mol. The molecule has 0 amide bonds. The van der Waals surface area contributed by atoms with Crippen molar-refractivity contribution < 1.29 is 0 Å². The van der Waals surface area contributed by atoms with E-state index in [4.69, 9.17) is 5.73 Å². The molecule has 0 aromatic carbocycles. The number of nitrogen functional groups attached to an aromatic ring is 1. The molecule has 0 unspecified atom stereocenters. The van der Waals surface area contributed by atoms with Gasteiger partial charge in [0.15, 0.2) is 0 Å². The van der Waals surface area contributed by atoms with Gasteiger partial charge < -0.3 is 11.1 Å². The highest BCUT2D eigenvalue weighted by molar-refractivity contribution is 5.44. The monoisotopic (exact) mass is 192 g/mol. The van der Waals surface area contributed by atoms with Crippen LogP contribution in [0.2, 0.25) is 0 Å². The van der Waals surface area contributed by atoms with Crippen molar-refractivity contribution in [2.75, 3.05) is 17.6 Å². The number of hydrogen-bond donors (Lipinski definition) is 2. The molecule has 1 aromatic rings. The second-order valence-electron chi connectivity index (χ2n) is 3.90. The second kappa shape index (κ2) is 3.82. The minimum absolute atomic E-state index is 0.536. The van der Waals surface area contributed by atoms with Gasteiger partial charge in [0.2, 0.25) is 0 Å². The van der Waals surface area contributed by atoms with Gasteiger partial charge in [0, 0.05) is 12.6 Å². The number of nitrogens with two attached hydrogens (primary N) is 1. The maximum absolute atomic E-state index is 5.62. The fourth-order valence-electron chi connectivity index (χ4n) is 1.63. The van der Waals surface area contributed by atoms with E-state index in [-0.39, 0.29) is 0 Å². The van der Waals surface area contributed by atoms with Gasteiger partial charge in [-0.25, -0.2) is 9.97 Å². The molecule has 2 rings (SSSR count). The van der Waals surface area contributed by atoms with Gasteiger partial charge in [-0.15, -0.1) is 0 Å². The van der Waals surface area contributed by atoms with E-state index in [2.05, 4.69) is 15.3 Å². The average Bonchev–Trinajstić information content (AvgIpc) is 1.99. The first-order chi connectivity index (χ1) is 6.74. The van der Waals surface area contributed by atoms with Gasteiger partial charge in [0.05, 0.1) is 0 Å². The highest BCUT2D eigenvalue weighted by atomic mass is 15.0. The molecule has 0 aliphatic heterocycles. The Bertz CT molecular complexity index is 300. The summed E-state index contributed by atoms with van der Waals surface area (Å²) < 4.78 is 0. The second-order valence-corrected chi connectivity index (χ2v) is 3.90. The van der Waals surface area contributed by atoms with E-state index in [0.717, 1.165) is 24.1 Å². The van der Waals surface area contributed by atoms with Crippen LogP contribution >= 0.6 is 0 Å². The largest absolute Gasteiger partial charge is 0.384 e. The Kier molecular flexibility index (Phi) is 2.52. The van der Waals surface area contributed by atoms with Gasteiger partial charge in [-0.2, -0.15) is 0 Å². The van der Waals surface area contributed by atoms with Gasteiger partial charge in [0.1, 0.15) is 17.5 Å². The summed E-state index contributed by atoms with van der Waals surface area (Å²) in [5.74, 6) is 2.93. The molecular weight excluding hydrogens is 176 g/mol. The molecule has 4 nitrogen and oxygen atoms in total. The molecule has 0 bridgehead atoms. The van der Waals surface area contributed by atoms with Gasteiger partial charge in [-0.1, -0.05) is 6.42 Å². The zero-order valence-corrected chi connectivity index (χ0v) is 8.45. The minimum Gasteiger partial charge on any atom is -0.384 e. The number of nitrogens with zero attached hydrogens (tertiary/aromatic N) is 2. The van der Waals surface area contributed by atoms with Crippen molar-refractivity contribution in [3.8, 4) is 0 Å². The third kappa shape index (κ3) is 2.13. The van der Waals surface area contributed by atoms with Crippen molar-refractivity contribution >= 4 is 11.6 Å². The Morgan fingerprint density at radius 3 is 2.86 bits per heavy atom. The third-order valence-electron chi connectivity index (χ3n) is 2.65. The van der Waals surface area contributed by atoms with Crippen LogP contribution in [-0.2, 0) is 0 Å². The first-order valence-corrected chi connectivity index (χ1v) is 5.09. The molecule has 0 spiro atoms. The molecule has 0 saturated heterocycles. The molecule has 14 heavy (non-hydrogen) atoms. The summed E-state index contributed by atoms with van der Waals surface area (Å²) in [5, 5.41) is 3.30. The molecule has 1 aliphatic rings. The summed E-state index contributed by atoms with van der Waals surface area (Å²) in [5.41, 5.74) is 5.62. The predicted octanol–water partition coefficient (Wildman–Crippen LogP) is 1.58. The SMILES string of the molecule is Cc1nc(N)cc(NCC2CCC2)n1.